The van der Waals surface area contributed by atoms with E-state index in [9.17, 15) is 4.79 Å². The molecule has 4 nitrogen and oxygen atoms in total. The van der Waals surface area contributed by atoms with E-state index >= 15 is 0 Å². The zero-order chi connectivity index (χ0) is 9.84. The molecule has 0 aliphatic carbocycles. The van der Waals surface area contributed by atoms with Crippen LogP contribution in [0.15, 0.2) is 18.2 Å². The van der Waals surface area contributed by atoms with Gasteiger partial charge in [0.1, 0.15) is 0 Å². The van der Waals surface area contributed by atoms with Crippen LogP contribution in [0, 0.1) is 0 Å². The van der Waals surface area contributed by atoms with Crippen LogP contribution in [0.4, 0.5) is 0 Å². The van der Waals surface area contributed by atoms with Crippen molar-refractivity contribution >= 4 is 12.4 Å². The molecular weight excluding hydrogens is 172 g/mol. The highest BCUT2D eigenvalue weighted by atomic mass is 16.3. The Balaban J connectivity index is 3.12. The molecule has 0 amide bonds. The molecule has 0 aliphatic rings. The summed E-state index contributed by atoms with van der Waals surface area (Å²) in [5.41, 5.74) is 0.399. The van der Waals surface area contributed by atoms with Crippen LogP contribution < -0.4 is 0 Å². The fourth-order valence-corrected chi connectivity index (χ4v) is 0.852. The second-order valence-corrected chi connectivity index (χ2v) is 2.36. The van der Waals surface area contributed by atoms with Gasteiger partial charge in [-0.05, 0) is 23.8 Å². The van der Waals surface area contributed by atoms with Gasteiger partial charge in [-0.1, -0.05) is 6.08 Å². The molecule has 13 heavy (non-hydrogen) atoms. The molecule has 0 heterocycles. The summed E-state index contributed by atoms with van der Waals surface area (Å²) in [5, 5.41) is 27.0. The second kappa shape index (κ2) is 3.62. The first kappa shape index (κ1) is 9.12. The van der Waals surface area contributed by atoms with Gasteiger partial charge in [-0.3, -0.25) is 4.79 Å². The molecule has 3 N–H and O–H groups in total. The smallest absolute Gasteiger partial charge is 0.225 e. The summed E-state index contributed by atoms with van der Waals surface area (Å²) in [6.07, 6.45) is 3.94. The van der Waals surface area contributed by atoms with Crippen LogP contribution in [0.5, 0.6) is 17.2 Å². The minimum absolute atomic E-state index is 0.399. The van der Waals surface area contributed by atoms with Crippen molar-refractivity contribution in [3.8, 4) is 17.2 Å². The zero-order valence-corrected chi connectivity index (χ0v) is 6.56. The summed E-state index contributed by atoms with van der Waals surface area (Å²) in [6, 6.07) is 2.42. The van der Waals surface area contributed by atoms with E-state index < -0.39 is 17.2 Å². The third-order valence-corrected chi connectivity index (χ3v) is 1.44. The molecular formula is C9H7O4. The Morgan fingerprint density at radius 3 is 2.15 bits per heavy atom. The maximum Gasteiger partial charge on any atom is 0.225 e. The van der Waals surface area contributed by atoms with Crippen LogP contribution in [0.1, 0.15) is 5.56 Å². The summed E-state index contributed by atoms with van der Waals surface area (Å²) >= 11 is 0. The number of carbonyl (C=O) groups excluding carboxylic acids is 1. The van der Waals surface area contributed by atoms with Crippen molar-refractivity contribution in [1.82, 2.24) is 0 Å². The Kier molecular flexibility index (Phi) is 2.54. The number of phenols is 3. The van der Waals surface area contributed by atoms with Crippen LogP contribution in [0.25, 0.3) is 6.08 Å². The van der Waals surface area contributed by atoms with Crippen LogP contribution in [-0.2, 0) is 4.79 Å². The van der Waals surface area contributed by atoms with Gasteiger partial charge in [0, 0.05) is 0 Å². The maximum atomic E-state index is 9.83. The molecule has 0 aromatic heterocycles. The Morgan fingerprint density at radius 1 is 1.15 bits per heavy atom. The molecule has 1 radical (unpaired) electrons. The van der Waals surface area contributed by atoms with Crippen LogP contribution in [-0.4, -0.2) is 21.6 Å². The standard InChI is InChI=1S/C9H7O4/c10-3-1-2-6-4-7(11)9(13)8(12)5-6/h1-2,4-5,11-13H. The first-order valence-corrected chi connectivity index (χ1v) is 3.44. The molecule has 0 atom stereocenters. The summed E-state index contributed by atoms with van der Waals surface area (Å²) in [4.78, 5) is 9.83. The van der Waals surface area contributed by atoms with E-state index in [1.807, 2.05) is 0 Å². The number of rotatable bonds is 2. The SMILES string of the molecule is O=[C]C=Cc1cc(O)c(O)c(O)c1. The lowest BCUT2D eigenvalue weighted by atomic mass is 10.1. The molecule has 0 saturated carbocycles. The number of hydrogen-bond acceptors (Lipinski definition) is 4. The number of phenolic OH excluding ortho intramolecular Hbond substituents is 3. The van der Waals surface area contributed by atoms with Gasteiger partial charge in [0.25, 0.3) is 0 Å². The van der Waals surface area contributed by atoms with Gasteiger partial charge >= 0.3 is 0 Å². The van der Waals surface area contributed by atoms with Crippen molar-refractivity contribution in [2.24, 2.45) is 0 Å². The van der Waals surface area contributed by atoms with Gasteiger partial charge in [-0.15, -0.1) is 0 Å². The highest BCUT2D eigenvalue weighted by Gasteiger charge is 2.05. The van der Waals surface area contributed by atoms with Gasteiger partial charge in [0.05, 0.1) is 0 Å². The van der Waals surface area contributed by atoms with E-state index in [1.54, 1.807) is 0 Å². The van der Waals surface area contributed by atoms with Crippen LogP contribution >= 0.6 is 0 Å². The first-order valence-electron chi connectivity index (χ1n) is 3.44. The number of aromatic hydroxyl groups is 3. The highest BCUT2D eigenvalue weighted by molar-refractivity contribution is 5.75. The summed E-state index contributed by atoms with van der Waals surface area (Å²) in [6.45, 7) is 0. The molecule has 1 rings (SSSR count). The van der Waals surface area contributed by atoms with E-state index in [2.05, 4.69) is 0 Å². The second-order valence-electron chi connectivity index (χ2n) is 2.36. The van der Waals surface area contributed by atoms with Crippen molar-refractivity contribution in [2.75, 3.05) is 0 Å². The minimum Gasteiger partial charge on any atom is -0.504 e. The average molecular weight is 179 g/mol. The zero-order valence-electron chi connectivity index (χ0n) is 6.56. The molecule has 0 unspecified atom stereocenters. The normalized spacial score (nSPS) is 10.5. The Bertz CT molecular complexity index is 332. The lowest BCUT2D eigenvalue weighted by molar-refractivity contribution is 0.368. The quantitative estimate of drug-likeness (QED) is 0.466. The molecule has 1 aromatic carbocycles. The molecule has 67 valence electrons. The van der Waals surface area contributed by atoms with Crippen LogP contribution in [0.3, 0.4) is 0 Å². The van der Waals surface area contributed by atoms with E-state index in [1.165, 1.54) is 24.5 Å². The molecule has 0 saturated heterocycles. The van der Waals surface area contributed by atoms with Crippen molar-refractivity contribution < 1.29 is 20.1 Å². The third kappa shape index (κ3) is 1.99. The minimum atomic E-state index is -0.577. The number of hydrogen-bond donors (Lipinski definition) is 3. The first-order chi connectivity index (χ1) is 6.15. The monoisotopic (exact) mass is 179 g/mol. The highest BCUT2D eigenvalue weighted by Crippen LogP contribution is 2.35. The van der Waals surface area contributed by atoms with Gasteiger partial charge in [-0.25, -0.2) is 0 Å². The lowest BCUT2D eigenvalue weighted by Gasteiger charge is -2.01. The maximum absolute atomic E-state index is 9.83. The number of allylic oxidation sites excluding steroid dienone is 1. The number of benzene rings is 1. The predicted octanol–water partition coefficient (Wildman–Crippen LogP) is 0.926. The Morgan fingerprint density at radius 2 is 1.69 bits per heavy atom. The van der Waals surface area contributed by atoms with Gasteiger partial charge < -0.3 is 15.3 Å². The average Bonchev–Trinajstić information content (AvgIpc) is 2.10. The Labute approximate surface area is 74.4 Å². The molecule has 0 spiro atoms. The van der Waals surface area contributed by atoms with Gasteiger partial charge in [-0.2, -0.15) is 0 Å². The van der Waals surface area contributed by atoms with Crippen molar-refractivity contribution in [1.29, 1.82) is 0 Å². The van der Waals surface area contributed by atoms with E-state index in [0.29, 0.717) is 5.56 Å². The van der Waals surface area contributed by atoms with Gasteiger partial charge in [0.2, 0.25) is 6.29 Å². The largest absolute Gasteiger partial charge is 0.504 e. The molecule has 0 bridgehead atoms. The summed E-state index contributed by atoms with van der Waals surface area (Å²) < 4.78 is 0. The fourth-order valence-electron chi connectivity index (χ4n) is 0.852. The van der Waals surface area contributed by atoms with Crippen molar-refractivity contribution in [3.63, 3.8) is 0 Å². The Hall–Kier alpha value is -1.97. The fraction of sp³-hybridized carbons (Fsp3) is 0. The van der Waals surface area contributed by atoms with E-state index in [4.69, 9.17) is 15.3 Å². The van der Waals surface area contributed by atoms with Gasteiger partial charge in [0.15, 0.2) is 17.2 Å². The molecule has 0 fully saturated rings. The lowest BCUT2D eigenvalue weighted by Crippen LogP contribution is -1.75. The summed E-state index contributed by atoms with van der Waals surface area (Å²) in [5.74, 6) is -1.46. The molecule has 0 aliphatic heterocycles. The van der Waals surface area contributed by atoms with E-state index in [-0.39, 0.29) is 0 Å². The predicted molar refractivity (Wildman–Crippen MR) is 46.2 cm³/mol. The third-order valence-electron chi connectivity index (χ3n) is 1.44. The summed E-state index contributed by atoms with van der Waals surface area (Å²) in [7, 11) is 0. The molecule has 4 heteroatoms. The molecule has 1 aromatic rings. The van der Waals surface area contributed by atoms with E-state index in [0.717, 1.165) is 6.08 Å². The van der Waals surface area contributed by atoms with Crippen molar-refractivity contribution in [2.45, 2.75) is 0 Å². The van der Waals surface area contributed by atoms with Crippen molar-refractivity contribution in [3.05, 3.63) is 23.8 Å². The van der Waals surface area contributed by atoms with Crippen LogP contribution in [0.2, 0.25) is 0 Å². The topological polar surface area (TPSA) is 77.8 Å².